The molecule has 0 radical (unpaired) electrons. The van der Waals surface area contributed by atoms with Gasteiger partial charge in [0, 0.05) is 17.8 Å². The van der Waals surface area contributed by atoms with Gasteiger partial charge in [-0.3, -0.25) is 4.79 Å². The van der Waals surface area contributed by atoms with Crippen molar-refractivity contribution in [1.29, 1.82) is 5.26 Å². The highest BCUT2D eigenvalue weighted by Gasteiger charge is 2.18. The van der Waals surface area contributed by atoms with Crippen LogP contribution in [-0.2, 0) is 0 Å². The van der Waals surface area contributed by atoms with Gasteiger partial charge < -0.3 is 10.6 Å². The van der Waals surface area contributed by atoms with Gasteiger partial charge in [0.1, 0.15) is 11.6 Å². The van der Waals surface area contributed by atoms with Crippen molar-refractivity contribution < 1.29 is 4.79 Å². The molecule has 2 rings (SSSR count). The maximum Gasteiger partial charge on any atom is 0.191 e. The van der Waals surface area contributed by atoms with Gasteiger partial charge in [0.15, 0.2) is 22.6 Å². The standard InChI is InChI=1S/C20H25N5OS/c1-12-7-8-14(13(2)26)9-16(12)23-18-15(10-21)17(22-11-20(3,4)5)24-19(25-18)27-6/h7-9H,11H2,1-6H3,(H2,22,23,24,25). The van der Waals surface area contributed by atoms with E-state index in [1.165, 1.54) is 18.7 Å². The van der Waals surface area contributed by atoms with Crippen molar-refractivity contribution in [3.63, 3.8) is 0 Å². The number of benzene rings is 1. The van der Waals surface area contributed by atoms with Gasteiger partial charge in [-0.05, 0) is 37.1 Å². The molecule has 0 fully saturated rings. The third-order valence-electron chi connectivity index (χ3n) is 3.87. The SMILES string of the molecule is CSc1nc(NCC(C)(C)C)c(C#N)c(Nc2cc(C(C)=O)ccc2C)n1. The van der Waals surface area contributed by atoms with Gasteiger partial charge >= 0.3 is 0 Å². The Morgan fingerprint density at radius 2 is 1.93 bits per heavy atom. The van der Waals surface area contributed by atoms with Gasteiger partial charge in [-0.1, -0.05) is 44.7 Å². The molecule has 27 heavy (non-hydrogen) atoms. The summed E-state index contributed by atoms with van der Waals surface area (Å²) in [5.41, 5.74) is 2.69. The summed E-state index contributed by atoms with van der Waals surface area (Å²) in [4.78, 5) is 20.6. The Hall–Kier alpha value is -2.59. The second-order valence-electron chi connectivity index (χ2n) is 7.52. The van der Waals surface area contributed by atoms with E-state index in [4.69, 9.17) is 0 Å². The smallest absolute Gasteiger partial charge is 0.191 e. The van der Waals surface area contributed by atoms with Gasteiger partial charge in [0.25, 0.3) is 0 Å². The van der Waals surface area contributed by atoms with Gasteiger partial charge in [-0.15, -0.1) is 0 Å². The van der Waals surface area contributed by atoms with Gasteiger partial charge in [0.05, 0.1) is 0 Å². The summed E-state index contributed by atoms with van der Waals surface area (Å²) < 4.78 is 0. The molecule has 0 aliphatic carbocycles. The molecule has 2 N–H and O–H groups in total. The van der Waals surface area contributed by atoms with E-state index >= 15 is 0 Å². The average Bonchev–Trinajstić information content (AvgIpc) is 2.60. The number of anilines is 3. The molecule has 1 heterocycles. The number of aromatic nitrogens is 2. The molecule has 0 aliphatic heterocycles. The summed E-state index contributed by atoms with van der Waals surface area (Å²) in [6.07, 6.45) is 1.89. The molecule has 0 bridgehead atoms. The lowest BCUT2D eigenvalue weighted by molar-refractivity contribution is 0.101. The van der Waals surface area contributed by atoms with Crippen molar-refractivity contribution in [3.8, 4) is 6.07 Å². The lowest BCUT2D eigenvalue weighted by Crippen LogP contribution is -2.21. The number of carbonyl (C=O) groups is 1. The first-order chi connectivity index (χ1) is 12.6. The predicted octanol–water partition coefficient (Wildman–Crippen LogP) is 4.78. The van der Waals surface area contributed by atoms with Crippen LogP contribution < -0.4 is 10.6 Å². The minimum atomic E-state index is -0.0152. The second-order valence-corrected chi connectivity index (χ2v) is 8.29. The van der Waals surface area contributed by atoms with Gasteiger partial charge in [-0.25, -0.2) is 9.97 Å². The first-order valence-electron chi connectivity index (χ1n) is 8.63. The number of aryl methyl sites for hydroxylation is 1. The minimum absolute atomic E-state index is 0.0152. The van der Waals surface area contributed by atoms with Crippen LogP contribution in [0.3, 0.4) is 0 Å². The fourth-order valence-electron chi connectivity index (χ4n) is 2.31. The van der Waals surface area contributed by atoms with E-state index in [0.29, 0.717) is 34.5 Å². The third-order valence-corrected chi connectivity index (χ3v) is 4.41. The first kappa shape index (κ1) is 20.7. The van der Waals surface area contributed by atoms with E-state index in [-0.39, 0.29) is 11.2 Å². The number of nitrogens with zero attached hydrogens (tertiary/aromatic N) is 3. The minimum Gasteiger partial charge on any atom is -0.368 e. The fraction of sp³-hybridized carbons (Fsp3) is 0.400. The Balaban J connectivity index is 2.48. The molecule has 2 aromatic rings. The predicted molar refractivity (Wildman–Crippen MR) is 111 cm³/mol. The number of Topliss-reactive ketones (excluding diaryl/α,β-unsaturated/α-hetero) is 1. The largest absolute Gasteiger partial charge is 0.368 e. The molecule has 6 nitrogen and oxygen atoms in total. The fourth-order valence-corrected chi connectivity index (χ4v) is 2.67. The molecule has 0 saturated carbocycles. The number of hydrogen-bond donors (Lipinski definition) is 2. The highest BCUT2D eigenvalue weighted by molar-refractivity contribution is 7.98. The molecular weight excluding hydrogens is 358 g/mol. The molecular formula is C20H25N5OS. The Morgan fingerprint density at radius 3 is 2.48 bits per heavy atom. The Kier molecular flexibility index (Phi) is 6.45. The van der Waals surface area contributed by atoms with Crippen molar-refractivity contribution in [3.05, 3.63) is 34.9 Å². The second kappa shape index (κ2) is 8.40. The molecule has 1 aromatic heterocycles. The van der Waals surface area contributed by atoms with E-state index in [9.17, 15) is 10.1 Å². The zero-order valence-electron chi connectivity index (χ0n) is 16.6. The highest BCUT2D eigenvalue weighted by Crippen LogP contribution is 2.29. The third kappa shape index (κ3) is 5.44. The zero-order valence-corrected chi connectivity index (χ0v) is 17.4. The Labute approximate surface area is 164 Å². The van der Waals surface area contributed by atoms with Gasteiger partial charge in [-0.2, -0.15) is 5.26 Å². The maximum absolute atomic E-state index is 11.7. The maximum atomic E-state index is 11.7. The number of nitriles is 1. The van der Waals surface area contributed by atoms with Crippen LogP contribution >= 0.6 is 11.8 Å². The van der Waals surface area contributed by atoms with Crippen LogP contribution in [0.25, 0.3) is 0 Å². The van der Waals surface area contributed by atoms with Crippen LogP contribution in [0.5, 0.6) is 0 Å². The van der Waals surface area contributed by atoms with Crippen molar-refractivity contribution >= 4 is 34.9 Å². The summed E-state index contributed by atoms with van der Waals surface area (Å²) in [7, 11) is 0. The van der Waals surface area contributed by atoms with Crippen molar-refractivity contribution in [2.75, 3.05) is 23.4 Å². The van der Waals surface area contributed by atoms with Crippen molar-refractivity contribution in [2.24, 2.45) is 5.41 Å². The van der Waals surface area contributed by atoms with Crippen LogP contribution in [-0.4, -0.2) is 28.6 Å². The van der Waals surface area contributed by atoms with Crippen LogP contribution in [0.15, 0.2) is 23.4 Å². The molecule has 1 aromatic carbocycles. The number of rotatable bonds is 6. The summed E-state index contributed by atoms with van der Waals surface area (Å²) >= 11 is 1.41. The van der Waals surface area contributed by atoms with Crippen molar-refractivity contribution in [2.45, 2.75) is 39.8 Å². The molecule has 0 aliphatic rings. The average molecular weight is 384 g/mol. The molecule has 7 heteroatoms. The first-order valence-corrected chi connectivity index (χ1v) is 9.85. The molecule has 0 spiro atoms. The topological polar surface area (TPSA) is 90.7 Å². The normalized spacial score (nSPS) is 11.0. The van der Waals surface area contributed by atoms with E-state index < -0.39 is 0 Å². The quantitative estimate of drug-likeness (QED) is 0.421. The summed E-state index contributed by atoms with van der Waals surface area (Å²) in [6.45, 7) is 10.5. The lowest BCUT2D eigenvalue weighted by atomic mass is 9.97. The number of thioether (sulfide) groups is 1. The molecule has 0 amide bonds. The van der Waals surface area contributed by atoms with Crippen molar-refractivity contribution in [1.82, 2.24) is 9.97 Å². The van der Waals surface area contributed by atoms with Gasteiger partial charge in [0.2, 0.25) is 0 Å². The monoisotopic (exact) mass is 383 g/mol. The number of hydrogen-bond acceptors (Lipinski definition) is 7. The van der Waals surface area contributed by atoms with Crippen LogP contribution in [0, 0.1) is 23.7 Å². The summed E-state index contributed by atoms with van der Waals surface area (Å²) in [5.74, 6) is 0.922. The number of carbonyl (C=O) groups excluding carboxylic acids is 1. The van der Waals surface area contributed by atoms with Crippen LogP contribution in [0.2, 0.25) is 0 Å². The van der Waals surface area contributed by atoms with Crippen LogP contribution in [0.1, 0.15) is 49.2 Å². The molecule has 0 saturated heterocycles. The molecule has 0 atom stereocenters. The summed E-state index contributed by atoms with van der Waals surface area (Å²) in [6, 6.07) is 7.65. The van der Waals surface area contributed by atoms with E-state index in [0.717, 1.165) is 11.3 Å². The Bertz CT molecular complexity index is 896. The highest BCUT2D eigenvalue weighted by atomic mass is 32.2. The summed E-state index contributed by atoms with van der Waals surface area (Å²) in [5, 5.41) is 16.8. The molecule has 0 unspecified atom stereocenters. The zero-order chi connectivity index (χ0) is 20.2. The van der Waals surface area contributed by atoms with E-state index in [1.54, 1.807) is 12.1 Å². The Morgan fingerprint density at radius 1 is 1.26 bits per heavy atom. The number of ketones is 1. The lowest BCUT2D eigenvalue weighted by Gasteiger charge is -2.20. The number of nitrogens with one attached hydrogen (secondary N) is 2. The van der Waals surface area contributed by atoms with E-state index in [1.807, 2.05) is 19.2 Å². The molecule has 142 valence electrons. The van der Waals surface area contributed by atoms with E-state index in [2.05, 4.69) is 47.4 Å². The van der Waals surface area contributed by atoms with Crippen LogP contribution in [0.4, 0.5) is 17.3 Å².